The molecule has 1 aromatic heterocycles. The molecular weight excluding hydrogens is 200 g/mol. The second-order valence-electron chi connectivity index (χ2n) is 4.28. The maximum Gasteiger partial charge on any atom is 0.146 e. The topological polar surface area (TPSA) is 49.8 Å². The van der Waals surface area contributed by atoms with Crippen LogP contribution in [0.15, 0.2) is 12.4 Å². The van der Waals surface area contributed by atoms with Crippen LogP contribution in [0.5, 0.6) is 0 Å². The lowest BCUT2D eigenvalue weighted by Gasteiger charge is -2.08. The van der Waals surface area contributed by atoms with Gasteiger partial charge in [-0.05, 0) is 25.7 Å². The van der Waals surface area contributed by atoms with Crippen LogP contribution in [0.2, 0.25) is 0 Å². The minimum atomic E-state index is 0.765. The first kappa shape index (κ1) is 12.7. The van der Waals surface area contributed by atoms with Crippen LogP contribution in [0.1, 0.15) is 33.6 Å². The van der Waals surface area contributed by atoms with E-state index in [1.54, 1.807) is 12.4 Å². The Labute approximate surface area is 97.9 Å². The molecule has 1 aromatic rings. The number of rotatable bonds is 7. The van der Waals surface area contributed by atoms with Crippen molar-refractivity contribution in [1.29, 1.82) is 0 Å². The molecule has 0 saturated heterocycles. The Morgan fingerprint density at radius 2 is 1.88 bits per heavy atom. The van der Waals surface area contributed by atoms with E-state index in [0.29, 0.717) is 0 Å². The molecule has 0 amide bonds. The molecule has 0 radical (unpaired) electrons. The number of nitrogens with one attached hydrogen (secondary N) is 2. The van der Waals surface area contributed by atoms with E-state index in [1.165, 1.54) is 12.8 Å². The normalized spacial score (nSPS) is 10.5. The molecule has 4 heteroatoms. The van der Waals surface area contributed by atoms with E-state index in [0.717, 1.165) is 30.6 Å². The summed E-state index contributed by atoms with van der Waals surface area (Å²) in [5.74, 6) is 2.44. The van der Waals surface area contributed by atoms with Crippen molar-refractivity contribution in [2.24, 2.45) is 5.92 Å². The average molecular weight is 222 g/mol. The average Bonchev–Trinajstić information content (AvgIpc) is 2.25. The third-order valence-electron chi connectivity index (χ3n) is 2.26. The number of anilines is 2. The quantitative estimate of drug-likeness (QED) is 0.696. The van der Waals surface area contributed by atoms with Gasteiger partial charge in [-0.3, -0.25) is 4.98 Å². The Morgan fingerprint density at radius 1 is 1.19 bits per heavy atom. The lowest BCUT2D eigenvalue weighted by Crippen LogP contribution is -2.07. The third kappa shape index (κ3) is 4.96. The molecule has 0 spiro atoms. The van der Waals surface area contributed by atoms with Crippen molar-refractivity contribution < 1.29 is 0 Å². The monoisotopic (exact) mass is 222 g/mol. The molecule has 0 aliphatic rings. The van der Waals surface area contributed by atoms with Crippen LogP contribution < -0.4 is 10.6 Å². The maximum absolute atomic E-state index is 4.39. The van der Waals surface area contributed by atoms with Crippen LogP contribution in [0.25, 0.3) is 0 Å². The Kier molecular flexibility index (Phi) is 5.61. The predicted octanol–water partition coefficient (Wildman–Crippen LogP) is 2.76. The second kappa shape index (κ2) is 7.04. The highest BCUT2D eigenvalue weighted by atomic mass is 15.1. The lowest BCUT2D eigenvalue weighted by atomic mass is 10.1. The summed E-state index contributed by atoms with van der Waals surface area (Å²) in [6, 6.07) is 0. The summed E-state index contributed by atoms with van der Waals surface area (Å²) in [4.78, 5) is 8.52. The van der Waals surface area contributed by atoms with Crippen LogP contribution in [0, 0.1) is 5.92 Å². The molecule has 0 bridgehead atoms. The Morgan fingerprint density at radius 3 is 2.50 bits per heavy atom. The van der Waals surface area contributed by atoms with Gasteiger partial charge in [0.15, 0.2) is 0 Å². The smallest absolute Gasteiger partial charge is 0.146 e. The van der Waals surface area contributed by atoms with Crippen LogP contribution >= 0.6 is 0 Å². The summed E-state index contributed by atoms with van der Waals surface area (Å²) >= 11 is 0. The summed E-state index contributed by atoms with van der Waals surface area (Å²) in [5, 5.41) is 6.43. The van der Waals surface area contributed by atoms with Gasteiger partial charge < -0.3 is 10.6 Å². The maximum atomic E-state index is 4.39. The summed E-state index contributed by atoms with van der Waals surface area (Å²) in [5.41, 5.74) is 0. The third-order valence-corrected chi connectivity index (χ3v) is 2.26. The molecule has 0 fully saturated rings. The van der Waals surface area contributed by atoms with E-state index in [-0.39, 0.29) is 0 Å². The van der Waals surface area contributed by atoms with Gasteiger partial charge >= 0.3 is 0 Å². The molecule has 1 heterocycles. The first-order valence-electron chi connectivity index (χ1n) is 6.02. The fourth-order valence-electron chi connectivity index (χ4n) is 1.44. The Bertz CT molecular complexity index is 299. The molecule has 0 atom stereocenters. The number of aromatic nitrogens is 2. The summed E-state index contributed by atoms with van der Waals surface area (Å²) in [7, 11) is 0. The number of hydrogen-bond donors (Lipinski definition) is 2. The minimum Gasteiger partial charge on any atom is -0.369 e. The van der Waals surface area contributed by atoms with Crippen LogP contribution in [-0.2, 0) is 0 Å². The largest absolute Gasteiger partial charge is 0.369 e. The first-order valence-corrected chi connectivity index (χ1v) is 6.02. The summed E-state index contributed by atoms with van der Waals surface area (Å²) in [6.45, 7) is 8.36. The molecule has 4 nitrogen and oxygen atoms in total. The molecule has 0 aliphatic heterocycles. The zero-order valence-corrected chi connectivity index (χ0v) is 10.5. The van der Waals surface area contributed by atoms with Crippen molar-refractivity contribution in [2.75, 3.05) is 23.7 Å². The highest BCUT2D eigenvalue weighted by Crippen LogP contribution is 2.08. The van der Waals surface area contributed by atoms with E-state index in [9.17, 15) is 0 Å². The van der Waals surface area contributed by atoms with Crippen molar-refractivity contribution in [3.05, 3.63) is 12.4 Å². The SMILES string of the molecule is CCNc1cncc(NCCCC(C)C)n1. The predicted molar refractivity (Wildman–Crippen MR) is 68.8 cm³/mol. The molecule has 0 aliphatic carbocycles. The lowest BCUT2D eigenvalue weighted by molar-refractivity contribution is 0.566. The first-order chi connectivity index (χ1) is 7.72. The summed E-state index contributed by atoms with van der Waals surface area (Å²) in [6.07, 6.45) is 5.91. The van der Waals surface area contributed by atoms with Gasteiger partial charge in [-0.15, -0.1) is 0 Å². The van der Waals surface area contributed by atoms with Crippen LogP contribution in [-0.4, -0.2) is 23.1 Å². The van der Waals surface area contributed by atoms with Gasteiger partial charge in [0.2, 0.25) is 0 Å². The number of nitrogens with zero attached hydrogens (tertiary/aromatic N) is 2. The van der Waals surface area contributed by atoms with Gasteiger partial charge in [0.25, 0.3) is 0 Å². The highest BCUT2D eigenvalue weighted by molar-refractivity contribution is 5.41. The summed E-state index contributed by atoms with van der Waals surface area (Å²) < 4.78 is 0. The van der Waals surface area contributed by atoms with Gasteiger partial charge in [-0.25, -0.2) is 4.98 Å². The fraction of sp³-hybridized carbons (Fsp3) is 0.667. The van der Waals surface area contributed by atoms with E-state index < -0.39 is 0 Å². The van der Waals surface area contributed by atoms with E-state index in [2.05, 4.69) is 34.4 Å². The number of hydrogen-bond acceptors (Lipinski definition) is 4. The molecule has 2 N–H and O–H groups in total. The molecule has 0 aromatic carbocycles. The minimum absolute atomic E-state index is 0.765. The molecular formula is C12H22N4. The molecule has 90 valence electrons. The Hall–Kier alpha value is -1.32. The van der Waals surface area contributed by atoms with Crippen molar-refractivity contribution in [1.82, 2.24) is 9.97 Å². The molecule has 0 unspecified atom stereocenters. The second-order valence-corrected chi connectivity index (χ2v) is 4.28. The Balaban J connectivity index is 2.33. The van der Waals surface area contributed by atoms with Crippen molar-refractivity contribution >= 4 is 11.6 Å². The van der Waals surface area contributed by atoms with E-state index in [4.69, 9.17) is 0 Å². The van der Waals surface area contributed by atoms with Gasteiger partial charge in [0, 0.05) is 13.1 Å². The van der Waals surface area contributed by atoms with E-state index in [1.807, 2.05) is 6.92 Å². The molecule has 0 saturated carbocycles. The standard InChI is InChI=1S/C12H22N4/c1-4-14-11-8-13-9-12(16-11)15-7-5-6-10(2)3/h8-10H,4-7H2,1-3H3,(H2,14,15,16). The van der Waals surface area contributed by atoms with Gasteiger partial charge in [-0.1, -0.05) is 13.8 Å². The highest BCUT2D eigenvalue weighted by Gasteiger charge is 1.98. The van der Waals surface area contributed by atoms with Crippen molar-refractivity contribution in [3.63, 3.8) is 0 Å². The fourth-order valence-corrected chi connectivity index (χ4v) is 1.44. The van der Waals surface area contributed by atoms with Crippen molar-refractivity contribution in [3.8, 4) is 0 Å². The zero-order valence-electron chi connectivity index (χ0n) is 10.5. The van der Waals surface area contributed by atoms with Gasteiger partial charge in [-0.2, -0.15) is 0 Å². The van der Waals surface area contributed by atoms with Gasteiger partial charge in [0.1, 0.15) is 11.6 Å². The molecule has 16 heavy (non-hydrogen) atoms. The van der Waals surface area contributed by atoms with Crippen molar-refractivity contribution in [2.45, 2.75) is 33.6 Å². The molecule has 1 rings (SSSR count). The van der Waals surface area contributed by atoms with Crippen LogP contribution in [0.4, 0.5) is 11.6 Å². The van der Waals surface area contributed by atoms with E-state index >= 15 is 0 Å². The zero-order chi connectivity index (χ0) is 11.8. The van der Waals surface area contributed by atoms with Crippen LogP contribution in [0.3, 0.4) is 0 Å². The van der Waals surface area contributed by atoms with Gasteiger partial charge in [0.05, 0.1) is 12.4 Å².